The van der Waals surface area contributed by atoms with Crippen LogP contribution in [-0.2, 0) is 78.4 Å². The van der Waals surface area contributed by atoms with E-state index >= 15 is 0 Å². The number of nitrogens with one attached hydrogen (secondary N) is 8. The predicted octanol–water partition coefficient (Wildman–Crippen LogP) is 0.328. The lowest BCUT2D eigenvalue weighted by molar-refractivity contribution is -0.139. The second kappa shape index (κ2) is 36.4. The summed E-state index contributed by atoms with van der Waals surface area (Å²) in [5.41, 5.74) is 19.5. The average Bonchev–Trinajstić information content (AvgIpc) is 3.68. The molecule has 0 spiro atoms. The maximum absolute atomic E-state index is 14.7. The van der Waals surface area contributed by atoms with Gasteiger partial charge in [-0.15, -0.1) is 0 Å². The first-order chi connectivity index (χ1) is 40.3. The summed E-state index contributed by atoms with van der Waals surface area (Å²) in [6, 6.07) is 23.0. The van der Waals surface area contributed by atoms with Crippen molar-refractivity contribution in [2.45, 2.75) is 145 Å². The van der Waals surface area contributed by atoms with Crippen LogP contribution in [0, 0.1) is 0 Å². The zero-order valence-corrected chi connectivity index (χ0v) is 47.1. The van der Waals surface area contributed by atoms with E-state index in [0.29, 0.717) is 48.1 Å². The highest BCUT2D eigenvalue weighted by molar-refractivity contribution is 5.98. The maximum atomic E-state index is 14.7. The number of carboxylic acids is 2. The van der Waals surface area contributed by atoms with Gasteiger partial charge in [-0.3, -0.25) is 52.7 Å². The van der Waals surface area contributed by atoms with Crippen molar-refractivity contribution >= 4 is 65.1 Å². The molecule has 4 aromatic carbocycles. The third-order valence-electron chi connectivity index (χ3n) is 13.5. The summed E-state index contributed by atoms with van der Waals surface area (Å²) in [6.07, 6.45) is -0.686. The summed E-state index contributed by atoms with van der Waals surface area (Å²) in [6.45, 7) is 1.79. The Kier molecular flexibility index (Phi) is 29.3. The molecule has 0 saturated carbocycles. The zero-order valence-electron chi connectivity index (χ0n) is 47.1. The molecule has 0 fully saturated rings. The predicted molar refractivity (Wildman–Crippen MR) is 310 cm³/mol. The number of primary amides is 1. The molecule has 4 aromatic rings. The molecule has 0 aliphatic rings. The second-order valence-electron chi connectivity index (χ2n) is 20.3. The van der Waals surface area contributed by atoms with Gasteiger partial charge in [0.25, 0.3) is 0 Å². The van der Waals surface area contributed by atoms with Crippen LogP contribution < -0.4 is 59.7 Å². The Balaban J connectivity index is 1.66. The van der Waals surface area contributed by atoms with Crippen molar-refractivity contribution in [2.24, 2.45) is 17.2 Å². The van der Waals surface area contributed by atoms with E-state index in [9.17, 15) is 63.0 Å². The minimum atomic E-state index is -1.61. The fourth-order valence-corrected chi connectivity index (χ4v) is 9.00. The number of amides is 9. The number of hydrogen-bond acceptors (Lipinski definition) is 13. The third kappa shape index (κ3) is 25.0. The number of carbonyl (C=O) groups excluding carboxylic acids is 9. The number of unbranched alkanes of at least 4 members (excludes halogenated alkanes) is 2. The minimum Gasteiger partial charge on any atom is -0.481 e. The van der Waals surface area contributed by atoms with Gasteiger partial charge in [0.1, 0.15) is 48.3 Å². The van der Waals surface area contributed by atoms with Gasteiger partial charge >= 0.3 is 11.9 Å². The molecule has 0 aliphatic carbocycles. The van der Waals surface area contributed by atoms with Gasteiger partial charge in [-0.25, -0.2) is 0 Å². The van der Waals surface area contributed by atoms with Crippen molar-refractivity contribution in [3.8, 4) is 0 Å². The lowest BCUT2D eigenvalue weighted by atomic mass is 10.0. The van der Waals surface area contributed by atoms with Crippen LogP contribution in [-0.4, -0.2) is 137 Å². The molecule has 8 atom stereocenters. The minimum absolute atomic E-state index is 0.0140. The zero-order chi connectivity index (χ0) is 61.4. The van der Waals surface area contributed by atoms with Gasteiger partial charge in [0.2, 0.25) is 53.2 Å². The van der Waals surface area contributed by atoms with Crippen LogP contribution in [0.1, 0.15) is 93.4 Å². The van der Waals surface area contributed by atoms with Crippen molar-refractivity contribution in [1.82, 2.24) is 42.5 Å². The van der Waals surface area contributed by atoms with E-state index in [0.717, 1.165) is 0 Å². The summed E-state index contributed by atoms with van der Waals surface area (Å²) in [7, 11) is 0. The first kappa shape index (κ1) is 67.5. The molecule has 24 heteroatoms. The van der Waals surface area contributed by atoms with Gasteiger partial charge in [-0.2, -0.15) is 0 Å². The van der Waals surface area contributed by atoms with Crippen molar-refractivity contribution in [3.63, 3.8) is 0 Å². The number of carbonyl (C=O) groups is 11. The first-order valence-electron chi connectivity index (χ1n) is 27.9. The highest BCUT2D eigenvalue weighted by atomic mass is 16.4. The quantitative estimate of drug-likeness (QED) is 0.0269. The normalized spacial score (nSPS) is 13.8. The molecule has 4 rings (SSSR count). The van der Waals surface area contributed by atoms with Crippen LogP contribution >= 0.6 is 0 Å². The monoisotopic (exact) mass is 1160 g/mol. The van der Waals surface area contributed by atoms with E-state index in [1.807, 2.05) is 0 Å². The SMILES string of the molecule is CC(=O)N[C@@H](CCCCN)C(=O)N[C@@H](Cc1ccccc1)C(=O)N[C@@H](CCC(=O)O)C(=O)N[C@@H](Cc1ccccc1)C(=O)N[C@@H](CCCCN)C(=O)N[C@@H](Cc1ccccc1)C(=O)N[C@@H](CCC(=O)O)C(=O)N[C@@H](Cc1ccccc1)C(N)=O. The van der Waals surface area contributed by atoms with Crippen LogP contribution in [0.5, 0.6) is 0 Å². The van der Waals surface area contributed by atoms with Crippen LogP contribution in [0.2, 0.25) is 0 Å². The van der Waals surface area contributed by atoms with Crippen LogP contribution in [0.25, 0.3) is 0 Å². The van der Waals surface area contributed by atoms with E-state index in [2.05, 4.69) is 42.5 Å². The smallest absolute Gasteiger partial charge is 0.303 e. The molecule has 24 nitrogen and oxygen atoms in total. The van der Waals surface area contributed by atoms with Crippen molar-refractivity contribution in [1.29, 1.82) is 0 Å². The average molecular weight is 1160 g/mol. The second-order valence-corrected chi connectivity index (χ2v) is 20.3. The third-order valence-corrected chi connectivity index (χ3v) is 13.5. The van der Waals surface area contributed by atoms with Crippen LogP contribution in [0.4, 0.5) is 0 Å². The standard InChI is InChI=1S/C60H79N11O13/c1-38(72)64-43(26-14-16-32-61)54(78)69-49(36-41-22-10-4-11-23-41)59(83)67-46(29-31-52(75)76)57(81)71-48(35-40-20-8-3-9-21-40)58(82)65-44(27-15-17-33-62)55(79)70-50(37-42-24-12-5-13-25-42)60(84)66-45(28-30-51(73)74)56(80)68-47(53(63)77)34-39-18-6-2-7-19-39/h2-13,18-25,43-50H,14-17,26-37,61-62H2,1H3,(H2,63,77)(H,64,72)(H,65,82)(H,66,84)(H,67,83)(H,68,80)(H,69,78)(H,70,79)(H,71,81)(H,73,74)(H,75,76)/t43-,44-,45-,46-,47-,48-,49-,50-/m0/s1. The van der Waals surface area contributed by atoms with E-state index in [1.165, 1.54) is 6.92 Å². The van der Waals surface area contributed by atoms with E-state index < -0.39 is 139 Å². The van der Waals surface area contributed by atoms with Gasteiger partial charge < -0.3 is 69.9 Å². The first-order valence-corrected chi connectivity index (χ1v) is 27.9. The molecule has 0 radical (unpaired) electrons. The Morgan fingerprint density at radius 3 is 0.845 bits per heavy atom. The molecule has 0 unspecified atom stereocenters. The Morgan fingerprint density at radius 2 is 0.583 bits per heavy atom. The molecule has 0 heterocycles. The number of rotatable bonds is 38. The van der Waals surface area contributed by atoms with Crippen molar-refractivity contribution in [3.05, 3.63) is 144 Å². The Bertz CT molecular complexity index is 2800. The highest BCUT2D eigenvalue weighted by Gasteiger charge is 2.35. The van der Waals surface area contributed by atoms with Gasteiger partial charge in [0.05, 0.1) is 0 Å². The van der Waals surface area contributed by atoms with Gasteiger partial charge in [-0.1, -0.05) is 121 Å². The molecule has 0 bridgehead atoms. The van der Waals surface area contributed by atoms with Crippen molar-refractivity contribution < 1.29 is 63.0 Å². The summed E-state index contributed by atoms with van der Waals surface area (Å²) in [5, 5.41) is 40.4. The Labute approximate surface area is 488 Å². The van der Waals surface area contributed by atoms with Gasteiger partial charge in [0.15, 0.2) is 0 Å². The number of nitrogens with two attached hydrogens (primary N) is 3. The summed E-state index contributed by atoms with van der Waals surface area (Å²) < 4.78 is 0. The summed E-state index contributed by atoms with van der Waals surface area (Å²) in [4.78, 5) is 149. The molecule has 0 saturated heterocycles. The van der Waals surface area contributed by atoms with E-state index in [-0.39, 0.29) is 51.5 Å². The fourth-order valence-electron chi connectivity index (χ4n) is 9.00. The molecule has 0 aliphatic heterocycles. The number of aliphatic carboxylic acids is 2. The molecule has 84 heavy (non-hydrogen) atoms. The lowest BCUT2D eigenvalue weighted by Crippen LogP contribution is -2.61. The fraction of sp³-hybridized carbons (Fsp3) is 0.417. The molecule has 16 N–H and O–H groups in total. The molecular weight excluding hydrogens is 1080 g/mol. The topological polar surface area (TPSA) is 403 Å². The van der Waals surface area contributed by atoms with E-state index in [4.69, 9.17) is 17.2 Å². The number of carboxylic acid groups (broad SMARTS) is 2. The largest absolute Gasteiger partial charge is 0.481 e. The lowest BCUT2D eigenvalue weighted by Gasteiger charge is -2.28. The van der Waals surface area contributed by atoms with E-state index in [1.54, 1.807) is 121 Å². The van der Waals surface area contributed by atoms with Gasteiger partial charge in [-0.05, 0) is 86.7 Å². The molecular formula is C60H79N11O13. The van der Waals surface area contributed by atoms with Crippen molar-refractivity contribution in [2.75, 3.05) is 13.1 Å². The van der Waals surface area contributed by atoms with Crippen LogP contribution in [0.3, 0.4) is 0 Å². The number of benzene rings is 4. The summed E-state index contributed by atoms with van der Waals surface area (Å²) >= 11 is 0. The number of hydrogen-bond donors (Lipinski definition) is 13. The van der Waals surface area contributed by atoms with Crippen LogP contribution in [0.15, 0.2) is 121 Å². The molecule has 452 valence electrons. The Morgan fingerprint density at radius 1 is 0.345 bits per heavy atom. The highest BCUT2D eigenvalue weighted by Crippen LogP contribution is 2.13. The maximum Gasteiger partial charge on any atom is 0.303 e. The van der Waals surface area contributed by atoms with Gasteiger partial charge in [0, 0.05) is 45.4 Å². The summed E-state index contributed by atoms with van der Waals surface area (Å²) in [5.74, 6) is -10.2. The molecule has 0 aromatic heterocycles. The Hall–Kier alpha value is -9.03. The molecule has 9 amide bonds.